The third-order valence-electron chi connectivity index (χ3n) is 3.11. The molecule has 2 aromatic rings. The fourth-order valence-electron chi connectivity index (χ4n) is 1.92. The molecule has 1 amide bonds. The first-order chi connectivity index (χ1) is 11.2. The van der Waals surface area contributed by atoms with Gasteiger partial charge >= 0.3 is 11.9 Å². The van der Waals surface area contributed by atoms with Gasteiger partial charge in [0.1, 0.15) is 0 Å². The van der Waals surface area contributed by atoms with Crippen molar-refractivity contribution in [2.75, 3.05) is 12.4 Å². The molecule has 0 aromatic heterocycles. The Morgan fingerprint density at radius 1 is 1.17 bits per heavy atom. The van der Waals surface area contributed by atoms with Crippen LogP contribution in [-0.2, 0) is 6.18 Å². The molecule has 0 bridgehead atoms. The van der Waals surface area contributed by atoms with Crippen LogP contribution < -0.4 is 10.1 Å². The molecule has 0 unspecified atom stereocenters. The van der Waals surface area contributed by atoms with Crippen molar-refractivity contribution in [2.24, 2.45) is 0 Å². The Kier molecular flexibility index (Phi) is 4.72. The Bertz CT molecular complexity index is 773. The highest BCUT2D eigenvalue weighted by atomic mass is 19.4. The second-order valence-electron chi connectivity index (χ2n) is 4.67. The van der Waals surface area contributed by atoms with Crippen molar-refractivity contribution in [3.8, 4) is 5.75 Å². The zero-order chi connectivity index (χ0) is 17.9. The number of rotatable bonds is 4. The van der Waals surface area contributed by atoms with Crippen molar-refractivity contribution in [2.45, 2.75) is 6.18 Å². The number of methoxy groups -OCH3 is 1. The number of nitro benzene ring substituents is 1. The molecule has 24 heavy (non-hydrogen) atoms. The van der Waals surface area contributed by atoms with Crippen molar-refractivity contribution < 1.29 is 27.6 Å². The summed E-state index contributed by atoms with van der Waals surface area (Å²) in [5.74, 6) is -0.671. The third-order valence-corrected chi connectivity index (χ3v) is 3.11. The van der Waals surface area contributed by atoms with E-state index in [2.05, 4.69) is 5.32 Å². The molecule has 0 saturated heterocycles. The highest BCUT2D eigenvalue weighted by Gasteiger charge is 2.30. The molecule has 126 valence electrons. The second-order valence-corrected chi connectivity index (χ2v) is 4.67. The van der Waals surface area contributed by atoms with Gasteiger partial charge < -0.3 is 10.1 Å². The van der Waals surface area contributed by atoms with E-state index in [0.29, 0.717) is 0 Å². The van der Waals surface area contributed by atoms with E-state index in [-0.39, 0.29) is 22.7 Å². The normalized spacial score (nSPS) is 11.0. The highest BCUT2D eigenvalue weighted by Crippen LogP contribution is 2.31. The largest absolute Gasteiger partial charge is 0.490 e. The summed E-state index contributed by atoms with van der Waals surface area (Å²) in [7, 11) is 1.27. The molecular formula is C15H11F3N2O4. The predicted octanol–water partition coefficient (Wildman–Crippen LogP) is 3.87. The van der Waals surface area contributed by atoms with Crippen LogP contribution in [0, 0.1) is 10.1 Å². The van der Waals surface area contributed by atoms with Crippen LogP contribution in [0.15, 0.2) is 42.5 Å². The number of ether oxygens (including phenoxy) is 1. The van der Waals surface area contributed by atoms with Gasteiger partial charge in [-0.1, -0.05) is 0 Å². The Morgan fingerprint density at radius 2 is 1.79 bits per heavy atom. The molecule has 2 rings (SSSR count). The first kappa shape index (κ1) is 17.3. The number of carbonyl (C=O) groups is 1. The zero-order valence-corrected chi connectivity index (χ0v) is 12.3. The van der Waals surface area contributed by atoms with Crippen LogP contribution in [0.1, 0.15) is 15.9 Å². The van der Waals surface area contributed by atoms with Gasteiger partial charge in [-0.05, 0) is 36.4 Å². The maximum absolute atomic E-state index is 12.5. The molecule has 0 aliphatic carbocycles. The molecule has 9 heteroatoms. The van der Waals surface area contributed by atoms with E-state index in [1.54, 1.807) is 0 Å². The van der Waals surface area contributed by atoms with Gasteiger partial charge in [-0.2, -0.15) is 13.2 Å². The number of carbonyl (C=O) groups excluding carboxylic acids is 1. The lowest BCUT2D eigenvalue weighted by atomic mass is 10.1. The molecule has 0 aliphatic heterocycles. The summed E-state index contributed by atoms with van der Waals surface area (Å²) < 4.78 is 42.3. The Balaban J connectivity index is 2.20. The van der Waals surface area contributed by atoms with Crippen LogP contribution in [0.2, 0.25) is 0 Å². The first-order valence-electron chi connectivity index (χ1n) is 6.53. The number of hydrogen-bond donors (Lipinski definition) is 1. The number of amides is 1. The smallest absolute Gasteiger partial charge is 0.416 e. The molecule has 0 saturated carbocycles. The minimum absolute atomic E-state index is 0.0125. The third kappa shape index (κ3) is 3.80. The van der Waals surface area contributed by atoms with Gasteiger partial charge in [0.25, 0.3) is 5.91 Å². The van der Waals surface area contributed by atoms with E-state index < -0.39 is 22.6 Å². The zero-order valence-electron chi connectivity index (χ0n) is 12.3. The van der Waals surface area contributed by atoms with Gasteiger partial charge in [0.2, 0.25) is 0 Å². The number of alkyl halides is 3. The Hall–Kier alpha value is -3.10. The van der Waals surface area contributed by atoms with Gasteiger partial charge in [0.15, 0.2) is 5.75 Å². The number of benzene rings is 2. The number of nitrogens with one attached hydrogen (secondary N) is 1. The second kappa shape index (κ2) is 6.57. The van der Waals surface area contributed by atoms with Crippen molar-refractivity contribution in [1.29, 1.82) is 0 Å². The predicted molar refractivity (Wildman–Crippen MR) is 79.0 cm³/mol. The van der Waals surface area contributed by atoms with Crippen molar-refractivity contribution in [3.05, 3.63) is 63.7 Å². The molecule has 1 N–H and O–H groups in total. The molecule has 0 fully saturated rings. The van der Waals surface area contributed by atoms with Crippen molar-refractivity contribution in [3.63, 3.8) is 0 Å². The summed E-state index contributed by atoms with van der Waals surface area (Å²) in [6.07, 6.45) is -4.49. The van der Waals surface area contributed by atoms with Gasteiger partial charge in [0.05, 0.1) is 17.6 Å². The molecule has 0 heterocycles. The number of nitro groups is 1. The van der Waals surface area contributed by atoms with Gasteiger partial charge in [-0.3, -0.25) is 14.9 Å². The van der Waals surface area contributed by atoms with E-state index in [1.807, 2.05) is 0 Å². The van der Waals surface area contributed by atoms with Gasteiger partial charge in [0, 0.05) is 17.3 Å². The standard InChI is InChI=1S/C15H11F3N2O4/c1-24-13-7-6-11(8-12(13)20(22)23)19-14(21)9-2-4-10(5-3-9)15(16,17)18/h2-8H,1H3,(H,19,21). The summed E-state index contributed by atoms with van der Waals surface area (Å²) in [5, 5.41) is 13.3. The van der Waals surface area contributed by atoms with Crippen LogP contribution in [0.5, 0.6) is 5.75 Å². The maximum Gasteiger partial charge on any atom is 0.416 e. The summed E-state index contributed by atoms with van der Waals surface area (Å²) in [6.45, 7) is 0. The molecule has 0 aliphatic rings. The molecule has 2 aromatic carbocycles. The lowest BCUT2D eigenvalue weighted by Crippen LogP contribution is -2.13. The van der Waals surface area contributed by atoms with E-state index in [4.69, 9.17) is 4.74 Å². The van der Waals surface area contributed by atoms with Gasteiger partial charge in [-0.15, -0.1) is 0 Å². The topological polar surface area (TPSA) is 81.5 Å². The molecule has 0 atom stereocenters. The van der Waals surface area contributed by atoms with Crippen LogP contribution in [0.3, 0.4) is 0 Å². The average Bonchev–Trinajstić information content (AvgIpc) is 2.54. The summed E-state index contributed by atoms with van der Waals surface area (Å²) in [4.78, 5) is 22.3. The summed E-state index contributed by atoms with van der Waals surface area (Å²) in [6, 6.07) is 7.40. The minimum atomic E-state index is -4.49. The lowest BCUT2D eigenvalue weighted by molar-refractivity contribution is -0.385. The average molecular weight is 340 g/mol. The van der Waals surface area contributed by atoms with E-state index in [1.165, 1.54) is 19.2 Å². The fourth-order valence-corrected chi connectivity index (χ4v) is 1.92. The molecular weight excluding hydrogens is 329 g/mol. The fraction of sp³-hybridized carbons (Fsp3) is 0.133. The van der Waals surface area contributed by atoms with E-state index >= 15 is 0 Å². The van der Waals surface area contributed by atoms with Gasteiger partial charge in [-0.25, -0.2) is 0 Å². The Labute approximate surface area is 134 Å². The van der Waals surface area contributed by atoms with E-state index in [0.717, 1.165) is 30.3 Å². The molecule has 0 spiro atoms. The van der Waals surface area contributed by atoms with E-state index in [9.17, 15) is 28.1 Å². The van der Waals surface area contributed by atoms with Crippen LogP contribution >= 0.6 is 0 Å². The van der Waals surface area contributed by atoms with Crippen LogP contribution in [-0.4, -0.2) is 17.9 Å². The number of nitrogens with zero attached hydrogens (tertiary/aromatic N) is 1. The first-order valence-corrected chi connectivity index (χ1v) is 6.53. The molecule has 6 nitrogen and oxygen atoms in total. The Morgan fingerprint density at radius 3 is 2.29 bits per heavy atom. The number of anilines is 1. The van der Waals surface area contributed by atoms with Crippen LogP contribution in [0.25, 0.3) is 0 Å². The van der Waals surface area contributed by atoms with Crippen molar-refractivity contribution >= 4 is 17.3 Å². The SMILES string of the molecule is COc1ccc(NC(=O)c2ccc(C(F)(F)F)cc2)cc1[N+](=O)[O-]. The summed E-state index contributed by atoms with van der Waals surface area (Å²) in [5.41, 5.74) is -1.12. The summed E-state index contributed by atoms with van der Waals surface area (Å²) >= 11 is 0. The lowest BCUT2D eigenvalue weighted by Gasteiger charge is -2.09. The monoisotopic (exact) mass is 340 g/mol. The maximum atomic E-state index is 12.5. The quantitative estimate of drug-likeness (QED) is 0.676. The van der Waals surface area contributed by atoms with Crippen molar-refractivity contribution in [1.82, 2.24) is 0 Å². The van der Waals surface area contributed by atoms with Crippen LogP contribution in [0.4, 0.5) is 24.5 Å². The highest BCUT2D eigenvalue weighted by molar-refractivity contribution is 6.04. The molecule has 0 radical (unpaired) electrons. The number of hydrogen-bond acceptors (Lipinski definition) is 4. The minimum Gasteiger partial charge on any atom is -0.490 e. The number of halogens is 3.